The number of nitrogens with zero attached hydrogens (tertiary/aromatic N) is 3. The molecule has 0 atom stereocenters. The van der Waals surface area contributed by atoms with Gasteiger partial charge in [-0.3, -0.25) is 10.1 Å². The lowest BCUT2D eigenvalue weighted by atomic mass is 10.1. The van der Waals surface area contributed by atoms with Crippen molar-refractivity contribution in [3.63, 3.8) is 0 Å². The summed E-state index contributed by atoms with van der Waals surface area (Å²) in [5, 5.41) is 22.9. The van der Waals surface area contributed by atoms with Crippen LogP contribution in [-0.2, 0) is 0 Å². The Hall–Kier alpha value is -3.14. The van der Waals surface area contributed by atoms with E-state index in [1.807, 2.05) is 6.07 Å². The van der Waals surface area contributed by atoms with Gasteiger partial charge >= 0.3 is 0 Å². The van der Waals surface area contributed by atoms with E-state index >= 15 is 0 Å². The highest BCUT2D eigenvalue weighted by molar-refractivity contribution is 5.77. The van der Waals surface area contributed by atoms with Crippen LogP contribution in [0.2, 0.25) is 0 Å². The molecular weight excluding hydrogens is 272 g/mol. The topological polar surface area (TPSA) is 104 Å². The Bertz CT molecular complexity index is 683. The fraction of sp³-hybridized carbons (Fsp3) is 0.143. The monoisotopic (exact) mass is 284 g/mol. The molecule has 0 bridgehead atoms. The molecule has 0 unspecified atom stereocenters. The summed E-state index contributed by atoms with van der Waals surface area (Å²) in [7, 11) is 0. The molecule has 0 saturated carbocycles. The number of rotatable bonds is 6. The second-order valence-electron chi connectivity index (χ2n) is 4.08. The third-order valence-electron chi connectivity index (χ3n) is 2.62. The van der Waals surface area contributed by atoms with Crippen molar-refractivity contribution < 1.29 is 9.34 Å². The van der Waals surface area contributed by atoms with Crippen LogP contribution in [0, 0.1) is 21.4 Å². The number of hydrogen-bond acceptors (Lipinski definition) is 6. The van der Waals surface area contributed by atoms with Crippen molar-refractivity contribution in [2.45, 2.75) is 6.42 Å². The Morgan fingerprint density at radius 1 is 1.33 bits per heavy atom. The Kier molecular flexibility index (Phi) is 4.66. The first-order chi connectivity index (χ1) is 10.2. The second-order valence-corrected chi connectivity index (χ2v) is 4.08. The molecule has 0 amide bonds. The third-order valence-corrected chi connectivity index (χ3v) is 2.62. The quantitative estimate of drug-likeness (QED) is 0.380. The number of nitro groups is 1. The number of hydrazone groups is 1. The average molecular weight is 284 g/mol. The fourth-order valence-corrected chi connectivity index (χ4v) is 1.61. The van der Waals surface area contributed by atoms with Crippen LogP contribution in [0.1, 0.15) is 12.2 Å². The van der Waals surface area contributed by atoms with Crippen molar-refractivity contribution in [3.05, 3.63) is 52.3 Å². The number of nitrogens with one attached hydrogen (secondary N) is 1. The van der Waals surface area contributed by atoms with E-state index in [0.29, 0.717) is 24.5 Å². The summed E-state index contributed by atoms with van der Waals surface area (Å²) >= 11 is 0. The molecule has 1 heterocycles. The van der Waals surface area contributed by atoms with E-state index in [9.17, 15) is 10.1 Å². The molecule has 0 saturated heterocycles. The van der Waals surface area contributed by atoms with E-state index in [4.69, 9.17) is 9.68 Å². The maximum Gasteiger partial charge on any atom is 0.269 e. The Labute approximate surface area is 120 Å². The Balaban J connectivity index is 2.02. The van der Waals surface area contributed by atoms with Gasteiger partial charge in [-0.25, -0.2) is 0 Å². The first kappa shape index (κ1) is 14.3. The number of nitriles is 1. The minimum absolute atomic E-state index is 0.0359. The van der Waals surface area contributed by atoms with Crippen molar-refractivity contribution >= 4 is 11.9 Å². The molecule has 0 aliphatic heterocycles. The normalized spacial score (nSPS) is 10.4. The van der Waals surface area contributed by atoms with Gasteiger partial charge in [0.1, 0.15) is 11.5 Å². The van der Waals surface area contributed by atoms with Crippen molar-refractivity contribution in [2.24, 2.45) is 5.10 Å². The molecule has 21 heavy (non-hydrogen) atoms. The summed E-state index contributed by atoms with van der Waals surface area (Å²) in [6.07, 6.45) is 1.88. The molecular formula is C14H12N4O3. The molecule has 2 aromatic rings. The van der Waals surface area contributed by atoms with Gasteiger partial charge in [-0.2, -0.15) is 10.4 Å². The summed E-state index contributed by atoms with van der Waals surface area (Å²) in [5.41, 5.74) is 3.50. The van der Waals surface area contributed by atoms with Crippen LogP contribution in [0.15, 0.2) is 45.9 Å². The van der Waals surface area contributed by atoms with E-state index in [2.05, 4.69) is 10.5 Å². The zero-order valence-electron chi connectivity index (χ0n) is 11.0. The van der Waals surface area contributed by atoms with Crippen LogP contribution in [0.25, 0.3) is 11.3 Å². The lowest BCUT2D eigenvalue weighted by molar-refractivity contribution is -0.384. The first-order valence-corrected chi connectivity index (χ1v) is 6.18. The molecule has 7 heteroatoms. The van der Waals surface area contributed by atoms with Crippen LogP contribution in [0.3, 0.4) is 0 Å². The molecule has 1 aromatic carbocycles. The van der Waals surface area contributed by atoms with Gasteiger partial charge < -0.3 is 9.84 Å². The molecule has 1 N–H and O–H groups in total. The average Bonchev–Trinajstić information content (AvgIpc) is 2.96. The van der Waals surface area contributed by atoms with Gasteiger partial charge in [0.25, 0.3) is 5.69 Å². The number of benzene rings is 1. The van der Waals surface area contributed by atoms with Crippen molar-refractivity contribution in [1.29, 1.82) is 5.26 Å². The largest absolute Gasteiger partial charge is 0.455 e. The van der Waals surface area contributed by atoms with Gasteiger partial charge in [-0.05, 0) is 24.3 Å². The standard InChI is InChI=1S/C14H12N4O3/c15-8-1-9-16-17-10-13-6-7-14(21-13)11-2-4-12(5-3-11)18(19)20/h2-7,10,16H,1,9H2. The van der Waals surface area contributed by atoms with Crippen LogP contribution in [0.4, 0.5) is 5.69 Å². The van der Waals surface area contributed by atoms with Gasteiger partial charge in [0.05, 0.1) is 23.6 Å². The zero-order valence-corrected chi connectivity index (χ0v) is 11.0. The molecule has 0 fully saturated rings. The maximum atomic E-state index is 10.6. The lowest BCUT2D eigenvalue weighted by Crippen LogP contribution is -2.06. The number of nitro benzene ring substituents is 1. The Morgan fingerprint density at radius 2 is 2.10 bits per heavy atom. The minimum Gasteiger partial charge on any atom is -0.455 e. The highest BCUT2D eigenvalue weighted by atomic mass is 16.6. The number of hydrogen-bond donors (Lipinski definition) is 1. The van der Waals surface area contributed by atoms with Gasteiger partial charge in [0.15, 0.2) is 0 Å². The summed E-state index contributed by atoms with van der Waals surface area (Å²) < 4.78 is 5.55. The third kappa shape index (κ3) is 3.91. The molecule has 0 aliphatic rings. The SMILES string of the molecule is N#CCCNN=Cc1ccc(-c2ccc([N+](=O)[O-])cc2)o1. The van der Waals surface area contributed by atoms with E-state index in [1.54, 1.807) is 24.3 Å². The second kappa shape index (κ2) is 6.86. The molecule has 2 rings (SSSR count). The van der Waals surface area contributed by atoms with E-state index in [1.165, 1.54) is 18.3 Å². The maximum absolute atomic E-state index is 10.6. The Morgan fingerprint density at radius 3 is 2.76 bits per heavy atom. The van der Waals surface area contributed by atoms with Crippen LogP contribution >= 0.6 is 0 Å². The van der Waals surface area contributed by atoms with E-state index < -0.39 is 4.92 Å². The summed E-state index contributed by atoms with van der Waals surface area (Å²) in [6.45, 7) is 0.475. The highest BCUT2D eigenvalue weighted by Crippen LogP contribution is 2.23. The van der Waals surface area contributed by atoms with Gasteiger partial charge in [0.2, 0.25) is 0 Å². The lowest BCUT2D eigenvalue weighted by Gasteiger charge is -1.96. The molecule has 7 nitrogen and oxygen atoms in total. The fourth-order valence-electron chi connectivity index (χ4n) is 1.61. The molecule has 0 radical (unpaired) electrons. The van der Waals surface area contributed by atoms with Gasteiger partial charge in [-0.15, -0.1) is 0 Å². The zero-order chi connectivity index (χ0) is 15.1. The molecule has 0 spiro atoms. The van der Waals surface area contributed by atoms with Crippen LogP contribution < -0.4 is 5.43 Å². The summed E-state index contributed by atoms with van der Waals surface area (Å²) in [6, 6.07) is 11.6. The van der Waals surface area contributed by atoms with Crippen LogP contribution in [-0.4, -0.2) is 17.7 Å². The smallest absolute Gasteiger partial charge is 0.269 e. The van der Waals surface area contributed by atoms with E-state index in [0.717, 1.165) is 5.56 Å². The van der Waals surface area contributed by atoms with E-state index in [-0.39, 0.29) is 5.69 Å². The van der Waals surface area contributed by atoms with Crippen molar-refractivity contribution in [1.82, 2.24) is 5.43 Å². The minimum atomic E-state index is -0.448. The summed E-state index contributed by atoms with van der Waals surface area (Å²) in [5.74, 6) is 1.15. The summed E-state index contributed by atoms with van der Waals surface area (Å²) in [4.78, 5) is 10.1. The first-order valence-electron chi connectivity index (χ1n) is 6.18. The van der Waals surface area contributed by atoms with Crippen molar-refractivity contribution in [3.8, 4) is 17.4 Å². The van der Waals surface area contributed by atoms with Gasteiger partial charge in [-0.1, -0.05) is 0 Å². The number of non-ortho nitro benzene ring substituents is 1. The number of furan rings is 1. The predicted molar refractivity (Wildman–Crippen MR) is 76.6 cm³/mol. The predicted octanol–water partition coefficient (Wildman–Crippen LogP) is 2.69. The molecule has 1 aromatic heterocycles. The molecule has 0 aliphatic carbocycles. The van der Waals surface area contributed by atoms with Crippen LogP contribution in [0.5, 0.6) is 0 Å². The van der Waals surface area contributed by atoms with Gasteiger partial charge in [0, 0.05) is 24.2 Å². The molecule has 106 valence electrons. The highest BCUT2D eigenvalue weighted by Gasteiger charge is 2.07. The van der Waals surface area contributed by atoms with Crippen molar-refractivity contribution in [2.75, 3.05) is 6.54 Å².